The zero-order valence-corrected chi connectivity index (χ0v) is 16.4. The van der Waals surface area contributed by atoms with Crippen LogP contribution in [0.5, 0.6) is 0 Å². The Hall–Kier alpha value is -2.69. The molecule has 0 unspecified atom stereocenters. The lowest BCUT2D eigenvalue weighted by atomic mass is 9.86. The van der Waals surface area contributed by atoms with Gasteiger partial charge in [0.15, 0.2) is 0 Å². The monoisotopic (exact) mass is 389 g/mol. The van der Waals surface area contributed by atoms with E-state index in [2.05, 4.69) is 12.6 Å². The Morgan fingerprint density at radius 2 is 1.50 bits per heavy atom. The number of rotatable bonds is 5. The number of nitrogens with zero attached hydrogens (tertiary/aromatic N) is 1. The molecule has 0 amide bonds. The first-order valence-corrected chi connectivity index (χ1v) is 10.9. The van der Waals surface area contributed by atoms with E-state index in [1.54, 1.807) is 28.6 Å². The van der Waals surface area contributed by atoms with Crippen molar-refractivity contribution in [2.75, 3.05) is 0 Å². The summed E-state index contributed by atoms with van der Waals surface area (Å²) in [6, 6.07) is 26.2. The van der Waals surface area contributed by atoms with Crippen molar-refractivity contribution in [3.63, 3.8) is 0 Å². The number of sulfonamides is 1. The van der Waals surface area contributed by atoms with Crippen LogP contribution < -0.4 is 0 Å². The van der Waals surface area contributed by atoms with Gasteiger partial charge in [-0.15, -0.1) is 6.58 Å². The Morgan fingerprint density at radius 1 is 0.893 bits per heavy atom. The molecule has 0 N–H and O–H groups in total. The van der Waals surface area contributed by atoms with Crippen molar-refractivity contribution in [1.29, 1.82) is 0 Å². The summed E-state index contributed by atoms with van der Waals surface area (Å²) in [6.07, 6.45) is 3.02. The number of hydrogen-bond acceptors (Lipinski definition) is 2. The molecule has 28 heavy (non-hydrogen) atoms. The predicted molar refractivity (Wildman–Crippen MR) is 112 cm³/mol. The summed E-state index contributed by atoms with van der Waals surface area (Å²) in [6.45, 7) is 3.89. The van der Waals surface area contributed by atoms with Crippen LogP contribution in [0, 0.1) is 0 Å². The van der Waals surface area contributed by atoms with Gasteiger partial charge in [-0.05, 0) is 41.7 Å². The fourth-order valence-electron chi connectivity index (χ4n) is 4.08. The molecular formula is C24H23NO2S. The molecule has 4 heteroatoms. The maximum atomic E-state index is 13.8. The molecule has 1 heterocycles. The first-order valence-electron chi connectivity index (χ1n) is 9.45. The van der Waals surface area contributed by atoms with Crippen LogP contribution in [0.4, 0.5) is 0 Å². The summed E-state index contributed by atoms with van der Waals surface area (Å²) in [5, 5.41) is 0. The van der Waals surface area contributed by atoms with Crippen molar-refractivity contribution in [3.8, 4) is 0 Å². The third-order valence-electron chi connectivity index (χ3n) is 5.33. The molecule has 0 aromatic heterocycles. The highest BCUT2D eigenvalue weighted by molar-refractivity contribution is 7.89. The highest BCUT2D eigenvalue weighted by atomic mass is 32.2. The van der Waals surface area contributed by atoms with Gasteiger partial charge in [-0.2, -0.15) is 4.31 Å². The van der Waals surface area contributed by atoms with Gasteiger partial charge in [-0.3, -0.25) is 0 Å². The third kappa shape index (κ3) is 3.30. The predicted octanol–water partition coefficient (Wildman–Crippen LogP) is 5.29. The van der Waals surface area contributed by atoms with E-state index < -0.39 is 10.0 Å². The van der Waals surface area contributed by atoms with Gasteiger partial charge in [0.2, 0.25) is 10.0 Å². The third-order valence-corrected chi connectivity index (χ3v) is 7.27. The Labute approximate surface area is 167 Å². The Bertz CT molecular complexity index is 1060. The average Bonchev–Trinajstić information content (AvgIpc) is 2.75. The van der Waals surface area contributed by atoms with Crippen molar-refractivity contribution in [2.45, 2.75) is 29.8 Å². The zero-order chi connectivity index (χ0) is 19.6. The minimum atomic E-state index is -3.69. The number of benzene rings is 3. The zero-order valence-electron chi connectivity index (χ0n) is 15.6. The van der Waals surface area contributed by atoms with Crippen LogP contribution >= 0.6 is 0 Å². The van der Waals surface area contributed by atoms with Crippen molar-refractivity contribution in [2.24, 2.45) is 0 Å². The summed E-state index contributed by atoms with van der Waals surface area (Å²) >= 11 is 0. The molecule has 1 aliphatic rings. The summed E-state index contributed by atoms with van der Waals surface area (Å²) < 4.78 is 29.2. The maximum Gasteiger partial charge on any atom is 0.244 e. The Kier molecular flexibility index (Phi) is 5.16. The molecular weight excluding hydrogens is 366 g/mol. The van der Waals surface area contributed by atoms with Gasteiger partial charge in [-0.25, -0.2) is 8.42 Å². The first kappa shape index (κ1) is 18.7. The van der Waals surface area contributed by atoms with E-state index in [1.807, 2.05) is 60.7 Å². The molecule has 3 aromatic rings. The van der Waals surface area contributed by atoms with Gasteiger partial charge in [0.25, 0.3) is 0 Å². The molecule has 1 aliphatic heterocycles. The Balaban J connectivity index is 1.93. The van der Waals surface area contributed by atoms with E-state index in [1.165, 1.54) is 5.56 Å². The van der Waals surface area contributed by atoms with Gasteiger partial charge in [0.1, 0.15) is 0 Å². The molecule has 3 nitrogen and oxygen atoms in total. The van der Waals surface area contributed by atoms with Crippen LogP contribution in [0.15, 0.2) is 102 Å². The molecule has 0 saturated carbocycles. The fourth-order valence-corrected chi connectivity index (χ4v) is 5.89. The normalized spacial score (nSPS) is 19.7. The SMILES string of the molecule is C=CC[C@H]1c2ccccc2C[C@H](c2ccccc2)N1S(=O)(=O)c1ccccc1. The molecule has 142 valence electrons. The second-order valence-corrected chi connectivity index (χ2v) is 8.86. The Morgan fingerprint density at radius 3 is 2.18 bits per heavy atom. The molecule has 0 aliphatic carbocycles. The molecule has 3 aromatic carbocycles. The highest BCUT2D eigenvalue weighted by Crippen LogP contribution is 2.45. The van der Waals surface area contributed by atoms with E-state index in [4.69, 9.17) is 0 Å². The van der Waals surface area contributed by atoms with Gasteiger partial charge >= 0.3 is 0 Å². The quantitative estimate of drug-likeness (QED) is 0.556. The summed E-state index contributed by atoms with van der Waals surface area (Å²) in [5.74, 6) is 0. The standard InChI is InChI=1S/C24H23NO2S/c1-2-11-23-22-17-10-9-14-20(22)18-24(19-12-5-3-6-13-19)25(23)28(26,27)21-15-7-4-8-16-21/h2-10,12-17,23-24H,1,11,18H2/t23-,24+/m0/s1. The summed E-state index contributed by atoms with van der Waals surface area (Å²) in [4.78, 5) is 0.323. The van der Waals surface area contributed by atoms with Crippen LogP contribution in [0.1, 0.15) is 35.2 Å². The average molecular weight is 390 g/mol. The summed E-state index contributed by atoms with van der Waals surface area (Å²) in [5.41, 5.74) is 3.27. The van der Waals surface area contributed by atoms with Crippen LogP contribution in [0.25, 0.3) is 0 Å². The van der Waals surface area contributed by atoms with E-state index in [0.29, 0.717) is 17.7 Å². The van der Waals surface area contributed by atoms with Crippen LogP contribution in [0.3, 0.4) is 0 Å². The van der Waals surface area contributed by atoms with Crippen LogP contribution in [-0.4, -0.2) is 12.7 Å². The minimum absolute atomic E-state index is 0.258. The van der Waals surface area contributed by atoms with Gasteiger partial charge in [-0.1, -0.05) is 78.9 Å². The molecule has 0 radical (unpaired) electrons. The van der Waals surface area contributed by atoms with Gasteiger partial charge in [0, 0.05) is 0 Å². The van der Waals surface area contributed by atoms with Crippen LogP contribution in [0.2, 0.25) is 0 Å². The lowest BCUT2D eigenvalue weighted by Gasteiger charge is -2.42. The second kappa shape index (κ2) is 7.74. The molecule has 2 atom stereocenters. The number of fused-ring (bicyclic) bond motifs is 1. The second-order valence-electron chi connectivity index (χ2n) is 7.02. The van der Waals surface area contributed by atoms with E-state index in [9.17, 15) is 8.42 Å². The molecule has 0 spiro atoms. The largest absolute Gasteiger partial charge is 0.244 e. The van der Waals surface area contributed by atoms with Crippen molar-refractivity contribution >= 4 is 10.0 Å². The van der Waals surface area contributed by atoms with Gasteiger partial charge in [0.05, 0.1) is 17.0 Å². The fraction of sp³-hybridized carbons (Fsp3) is 0.167. The molecule has 0 fully saturated rings. The molecule has 0 bridgehead atoms. The van der Waals surface area contributed by atoms with E-state index in [-0.39, 0.29) is 12.1 Å². The van der Waals surface area contributed by atoms with Crippen LogP contribution in [-0.2, 0) is 16.4 Å². The first-order chi connectivity index (χ1) is 13.6. The highest BCUT2D eigenvalue weighted by Gasteiger charge is 2.42. The topological polar surface area (TPSA) is 37.4 Å². The maximum absolute atomic E-state index is 13.8. The minimum Gasteiger partial charge on any atom is -0.207 e. The van der Waals surface area contributed by atoms with Crippen molar-refractivity contribution < 1.29 is 8.42 Å². The summed E-state index contributed by atoms with van der Waals surface area (Å²) in [7, 11) is -3.69. The molecule has 4 rings (SSSR count). The lowest BCUT2D eigenvalue weighted by Crippen LogP contribution is -2.42. The smallest absolute Gasteiger partial charge is 0.207 e. The van der Waals surface area contributed by atoms with E-state index >= 15 is 0 Å². The molecule has 0 saturated heterocycles. The van der Waals surface area contributed by atoms with Gasteiger partial charge < -0.3 is 0 Å². The number of hydrogen-bond donors (Lipinski definition) is 0. The lowest BCUT2D eigenvalue weighted by molar-refractivity contribution is 0.231. The van der Waals surface area contributed by atoms with Crippen molar-refractivity contribution in [3.05, 3.63) is 114 Å². The van der Waals surface area contributed by atoms with Crippen molar-refractivity contribution in [1.82, 2.24) is 4.31 Å². The van der Waals surface area contributed by atoms with E-state index in [0.717, 1.165) is 11.1 Å².